The summed E-state index contributed by atoms with van der Waals surface area (Å²) in [5.41, 5.74) is 1.26. The number of rotatable bonds is 7. The summed E-state index contributed by atoms with van der Waals surface area (Å²) in [4.78, 5) is 22.6. The van der Waals surface area contributed by atoms with Crippen LogP contribution in [0.5, 0.6) is 0 Å². The summed E-state index contributed by atoms with van der Waals surface area (Å²) in [5, 5.41) is 4.24. The van der Waals surface area contributed by atoms with Crippen molar-refractivity contribution >= 4 is 21.6 Å². The minimum absolute atomic E-state index is 0.0185. The smallest absolute Gasteiger partial charge is 0.259 e. The second-order valence-electron chi connectivity index (χ2n) is 6.71. The Morgan fingerprint density at radius 3 is 3.12 bits per heavy atom. The van der Waals surface area contributed by atoms with Crippen molar-refractivity contribution in [3.8, 4) is 0 Å². The molecule has 0 unspecified atom stereocenters. The molecule has 6 heteroatoms. The molecule has 0 saturated carbocycles. The van der Waals surface area contributed by atoms with Crippen LogP contribution in [0.4, 0.5) is 0 Å². The third-order valence-corrected chi connectivity index (χ3v) is 5.86. The van der Waals surface area contributed by atoms with Gasteiger partial charge in [0.25, 0.3) is 5.56 Å². The minimum Gasteiger partial charge on any atom is -0.382 e. The maximum atomic E-state index is 12.6. The number of hydrogen-bond donors (Lipinski definition) is 2. The first-order chi connectivity index (χ1) is 11.6. The molecule has 0 bridgehead atoms. The van der Waals surface area contributed by atoms with E-state index in [0.717, 1.165) is 61.5 Å². The summed E-state index contributed by atoms with van der Waals surface area (Å²) in [7, 11) is 0. The van der Waals surface area contributed by atoms with Gasteiger partial charge in [0.1, 0.15) is 10.7 Å². The van der Waals surface area contributed by atoms with Crippen LogP contribution in [0.25, 0.3) is 10.2 Å². The van der Waals surface area contributed by atoms with Crippen molar-refractivity contribution in [1.29, 1.82) is 0 Å². The van der Waals surface area contributed by atoms with Gasteiger partial charge in [0.15, 0.2) is 0 Å². The molecule has 5 nitrogen and oxygen atoms in total. The van der Waals surface area contributed by atoms with Gasteiger partial charge >= 0.3 is 0 Å². The summed E-state index contributed by atoms with van der Waals surface area (Å²) >= 11 is 1.71. The standard InChI is InChI=1S/C18H27N3O2S/c1-4-23-9-5-8-19-12(3)16-20-17(22)15-13-7-6-11(2)10-14(13)24-18(15)21-16/h11-12,19H,4-10H2,1-3H3,(H,20,21,22)/t11-,12+/m1/s1. The molecule has 2 aromatic heterocycles. The molecule has 0 radical (unpaired) electrons. The molecule has 2 atom stereocenters. The SMILES string of the molecule is CCOCCCN[C@@H](C)c1nc2sc3c(c2c(=O)[nH]1)CC[C@@H](C)C3. The minimum atomic E-state index is 0.0185. The van der Waals surface area contributed by atoms with Crippen LogP contribution in [-0.4, -0.2) is 29.7 Å². The van der Waals surface area contributed by atoms with Crippen molar-refractivity contribution < 1.29 is 4.74 Å². The van der Waals surface area contributed by atoms with Crippen LogP contribution < -0.4 is 10.9 Å². The molecule has 2 N–H and O–H groups in total. The Morgan fingerprint density at radius 1 is 1.50 bits per heavy atom. The van der Waals surface area contributed by atoms with E-state index in [0.29, 0.717) is 5.92 Å². The van der Waals surface area contributed by atoms with Crippen LogP contribution in [0.3, 0.4) is 0 Å². The number of H-pyrrole nitrogens is 1. The van der Waals surface area contributed by atoms with Gasteiger partial charge < -0.3 is 15.0 Å². The zero-order valence-electron chi connectivity index (χ0n) is 14.8. The van der Waals surface area contributed by atoms with Gasteiger partial charge in [-0.15, -0.1) is 11.3 Å². The highest BCUT2D eigenvalue weighted by atomic mass is 32.1. The molecule has 0 amide bonds. The van der Waals surface area contributed by atoms with Crippen LogP contribution >= 0.6 is 11.3 Å². The lowest BCUT2D eigenvalue weighted by molar-refractivity contribution is 0.144. The van der Waals surface area contributed by atoms with Gasteiger partial charge in [-0.25, -0.2) is 4.98 Å². The van der Waals surface area contributed by atoms with E-state index in [-0.39, 0.29) is 11.6 Å². The van der Waals surface area contributed by atoms with Crippen LogP contribution in [0.1, 0.15) is 55.9 Å². The first-order valence-corrected chi connectivity index (χ1v) is 9.77. The highest BCUT2D eigenvalue weighted by molar-refractivity contribution is 7.18. The molecule has 0 spiro atoms. The Labute approximate surface area is 146 Å². The Bertz CT molecular complexity index is 753. The zero-order valence-corrected chi connectivity index (χ0v) is 15.6. The molecule has 1 aliphatic rings. The molecular weight excluding hydrogens is 322 g/mol. The lowest BCUT2D eigenvalue weighted by Gasteiger charge is -2.17. The zero-order chi connectivity index (χ0) is 17.1. The first kappa shape index (κ1) is 17.6. The van der Waals surface area contributed by atoms with Crippen molar-refractivity contribution in [2.45, 2.75) is 52.5 Å². The van der Waals surface area contributed by atoms with E-state index in [2.05, 4.69) is 17.2 Å². The van der Waals surface area contributed by atoms with Crippen LogP contribution in [0.2, 0.25) is 0 Å². The molecular formula is C18H27N3O2S. The molecule has 0 fully saturated rings. The van der Waals surface area contributed by atoms with E-state index in [1.165, 1.54) is 10.4 Å². The van der Waals surface area contributed by atoms with Gasteiger partial charge in [0.2, 0.25) is 0 Å². The highest BCUT2D eigenvalue weighted by Crippen LogP contribution is 2.35. The van der Waals surface area contributed by atoms with Gasteiger partial charge in [-0.05, 0) is 57.6 Å². The third-order valence-electron chi connectivity index (χ3n) is 4.71. The molecule has 0 aromatic carbocycles. The molecule has 132 valence electrons. The number of ether oxygens (including phenoxy) is 1. The van der Waals surface area contributed by atoms with Crippen molar-refractivity contribution in [1.82, 2.24) is 15.3 Å². The Balaban J connectivity index is 1.77. The highest BCUT2D eigenvalue weighted by Gasteiger charge is 2.23. The number of hydrogen-bond acceptors (Lipinski definition) is 5. The first-order valence-electron chi connectivity index (χ1n) is 8.95. The summed E-state index contributed by atoms with van der Waals surface area (Å²) in [6.45, 7) is 8.69. The number of aryl methyl sites for hydroxylation is 1. The maximum Gasteiger partial charge on any atom is 0.259 e. The average molecular weight is 350 g/mol. The number of nitrogens with one attached hydrogen (secondary N) is 2. The molecule has 2 heterocycles. The normalized spacial score (nSPS) is 18.7. The topological polar surface area (TPSA) is 67.0 Å². The van der Waals surface area contributed by atoms with E-state index >= 15 is 0 Å². The number of aromatic amines is 1. The largest absolute Gasteiger partial charge is 0.382 e. The average Bonchev–Trinajstić information content (AvgIpc) is 2.92. The van der Waals surface area contributed by atoms with Crippen LogP contribution in [-0.2, 0) is 17.6 Å². The molecule has 0 aliphatic heterocycles. The molecule has 3 rings (SSSR count). The van der Waals surface area contributed by atoms with Gasteiger partial charge in [-0.1, -0.05) is 6.92 Å². The third kappa shape index (κ3) is 3.71. The van der Waals surface area contributed by atoms with E-state index in [1.54, 1.807) is 11.3 Å². The summed E-state index contributed by atoms with van der Waals surface area (Å²) in [6, 6.07) is 0.0294. The molecule has 2 aromatic rings. The van der Waals surface area contributed by atoms with Gasteiger partial charge in [0.05, 0.1) is 11.4 Å². The molecule has 1 aliphatic carbocycles. The second-order valence-corrected chi connectivity index (χ2v) is 7.79. The van der Waals surface area contributed by atoms with E-state index < -0.39 is 0 Å². The number of aromatic nitrogens is 2. The number of fused-ring (bicyclic) bond motifs is 3. The van der Waals surface area contributed by atoms with Gasteiger partial charge in [0, 0.05) is 18.1 Å². The predicted octanol–water partition coefficient (Wildman–Crippen LogP) is 3.19. The lowest BCUT2D eigenvalue weighted by Crippen LogP contribution is -2.25. The number of nitrogens with zero attached hydrogens (tertiary/aromatic N) is 1. The van der Waals surface area contributed by atoms with Crippen molar-refractivity contribution in [2.75, 3.05) is 19.8 Å². The van der Waals surface area contributed by atoms with E-state index in [1.807, 2.05) is 13.8 Å². The van der Waals surface area contributed by atoms with Crippen LogP contribution in [0, 0.1) is 5.92 Å². The lowest BCUT2D eigenvalue weighted by atomic mass is 9.89. The monoisotopic (exact) mass is 349 g/mol. The predicted molar refractivity (Wildman–Crippen MR) is 99.0 cm³/mol. The summed E-state index contributed by atoms with van der Waals surface area (Å²) < 4.78 is 5.34. The van der Waals surface area contributed by atoms with Gasteiger partial charge in [-0.2, -0.15) is 0 Å². The summed E-state index contributed by atoms with van der Waals surface area (Å²) in [5.74, 6) is 1.44. The number of thiophene rings is 1. The fourth-order valence-corrected chi connectivity index (χ4v) is 4.69. The Morgan fingerprint density at radius 2 is 2.33 bits per heavy atom. The Hall–Kier alpha value is -1.24. The molecule has 0 saturated heterocycles. The van der Waals surface area contributed by atoms with Gasteiger partial charge in [-0.3, -0.25) is 4.79 Å². The molecule has 24 heavy (non-hydrogen) atoms. The van der Waals surface area contributed by atoms with Crippen molar-refractivity contribution in [3.05, 3.63) is 26.6 Å². The Kier molecular flexibility index (Phi) is 5.69. The van der Waals surface area contributed by atoms with Crippen molar-refractivity contribution in [3.63, 3.8) is 0 Å². The maximum absolute atomic E-state index is 12.6. The summed E-state index contributed by atoms with van der Waals surface area (Å²) in [6.07, 6.45) is 4.20. The quantitative estimate of drug-likeness (QED) is 0.754. The van der Waals surface area contributed by atoms with Crippen molar-refractivity contribution in [2.24, 2.45) is 5.92 Å². The van der Waals surface area contributed by atoms with E-state index in [9.17, 15) is 4.79 Å². The van der Waals surface area contributed by atoms with E-state index in [4.69, 9.17) is 9.72 Å². The second kappa shape index (κ2) is 7.76. The fraction of sp³-hybridized carbons (Fsp3) is 0.667. The van der Waals surface area contributed by atoms with Crippen LogP contribution in [0.15, 0.2) is 4.79 Å². The fourth-order valence-electron chi connectivity index (χ4n) is 3.30.